The topological polar surface area (TPSA) is 80.3 Å². The molecule has 29 heavy (non-hydrogen) atoms. The molecule has 0 heterocycles. The molecule has 0 amide bonds. The van der Waals surface area contributed by atoms with E-state index in [9.17, 15) is 19.8 Å². The van der Waals surface area contributed by atoms with Crippen LogP contribution in [0, 0.1) is 0 Å². The van der Waals surface area contributed by atoms with E-state index in [0.29, 0.717) is 0 Å². The van der Waals surface area contributed by atoms with Crippen LogP contribution in [0.25, 0.3) is 0 Å². The maximum absolute atomic E-state index is 10.2. The van der Waals surface area contributed by atoms with Crippen LogP contribution in [0.2, 0.25) is 0 Å². The maximum atomic E-state index is 10.2. The Morgan fingerprint density at radius 2 is 0.655 bits per heavy atom. The molecule has 0 radical (unpaired) electrons. The van der Waals surface area contributed by atoms with Crippen molar-refractivity contribution >= 4 is 35.0 Å². The number of carboxylic acid groups (broad SMARTS) is 2. The van der Waals surface area contributed by atoms with Gasteiger partial charge in [0.2, 0.25) is 0 Å². The minimum atomic E-state index is -0.920. The summed E-state index contributed by atoms with van der Waals surface area (Å²) in [5.74, 6) is -1.82. The molecule has 0 aromatic rings. The Balaban J connectivity index is -0.000000525. The Hall–Kier alpha value is -0.294. The van der Waals surface area contributed by atoms with Crippen molar-refractivity contribution in [3.05, 3.63) is 0 Å². The number of unbranched alkanes of at least 4 members (excludes halogenated alkanes) is 16. The van der Waals surface area contributed by atoms with Gasteiger partial charge < -0.3 is 19.8 Å². The summed E-state index contributed by atoms with van der Waals surface area (Å²) in [4.78, 5) is 20.1. The second kappa shape index (κ2) is 29.9. The molecule has 0 aromatic carbocycles. The number of rotatable bonds is 20. The van der Waals surface area contributed by atoms with Gasteiger partial charge in [0.1, 0.15) is 0 Å². The molecule has 0 bridgehead atoms. The average molecular weight is 423 g/mol. The Kier molecular flexibility index (Phi) is 34.4. The second-order valence-electron chi connectivity index (χ2n) is 7.90. The molecule has 0 atom stereocenters. The van der Waals surface area contributed by atoms with Gasteiger partial charge in [0.05, 0.1) is 0 Å². The fraction of sp³-hybridized carbons (Fsp3) is 0.917. The summed E-state index contributed by atoms with van der Waals surface area (Å²) in [5, 5.41) is 20.1. The summed E-state index contributed by atoms with van der Waals surface area (Å²) >= 11 is 0. The van der Waals surface area contributed by atoms with Gasteiger partial charge in [0, 0.05) is 11.9 Å². The number of hydrogen-bond acceptors (Lipinski definition) is 4. The van der Waals surface area contributed by atoms with E-state index in [1.54, 1.807) is 0 Å². The molecule has 0 unspecified atom stereocenters. The number of carbonyl (C=O) groups is 2. The Labute approximate surface area is 196 Å². The van der Waals surface area contributed by atoms with Gasteiger partial charge in [0.15, 0.2) is 0 Å². The molecular formula is C24H46MgO4. The van der Waals surface area contributed by atoms with Crippen LogP contribution in [-0.4, -0.2) is 35.0 Å². The van der Waals surface area contributed by atoms with Crippen molar-refractivity contribution in [3.63, 3.8) is 0 Å². The van der Waals surface area contributed by atoms with Crippen molar-refractivity contribution in [3.8, 4) is 0 Å². The first kappa shape index (κ1) is 33.3. The second-order valence-corrected chi connectivity index (χ2v) is 7.90. The largest absolute Gasteiger partial charge is 2.00 e. The molecule has 0 spiro atoms. The van der Waals surface area contributed by atoms with Gasteiger partial charge in [-0.1, -0.05) is 117 Å². The fourth-order valence-electron chi connectivity index (χ4n) is 3.16. The van der Waals surface area contributed by atoms with E-state index in [2.05, 4.69) is 13.8 Å². The first-order chi connectivity index (χ1) is 13.5. The first-order valence-electron chi connectivity index (χ1n) is 11.9. The number of hydrogen-bond donors (Lipinski definition) is 0. The third-order valence-corrected chi connectivity index (χ3v) is 4.97. The van der Waals surface area contributed by atoms with Crippen LogP contribution in [0.4, 0.5) is 0 Å². The van der Waals surface area contributed by atoms with E-state index in [-0.39, 0.29) is 35.9 Å². The Bertz CT molecular complexity index is 335. The average Bonchev–Trinajstić information content (AvgIpc) is 2.65. The van der Waals surface area contributed by atoms with Crippen molar-refractivity contribution < 1.29 is 19.8 Å². The monoisotopic (exact) mass is 422 g/mol. The molecular weight excluding hydrogens is 377 g/mol. The SMILES string of the molecule is CCCCCCCC(=O)[O-].CCCCCCCCCCCCCCCC(=O)[O-].[Mg+2]. The first-order valence-corrected chi connectivity index (χ1v) is 11.9. The molecule has 0 aliphatic carbocycles. The zero-order chi connectivity index (χ0) is 21.3. The van der Waals surface area contributed by atoms with Crippen LogP contribution < -0.4 is 10.2 Å². The summed E-state index contributed by atoms with van der Waals surface area (Å²) in [6.45, 7) is 4.39. The van der Waals surface area contributed by atoms with E-state index in [4.69, 9.17) is 0 Å². The van der Waals surface area contributed by atoms with Crippen LogP contribution in [0.15, 0.2) is 0 Å². The molecule has 0 saturated heterocycles. The minimum Gasteiger partial charge on any atom is -0.550 e. The Morgan fingerprint density at radius 1 is 0.448 bits per heavy atom. The molecule has 0 saturated carbocycles. The van der Waals surface area contributed by atoms with E-state index in [0.717, 1.165) is 32.1 Å². The normalized spacial score (nSPS) is 10.0. The van der Waals surface area contributed by atoms with Gasteiger partial charge in [-0.05, 0) is 25.7 Å². The molecule has 4 nitrogen and oxygen atoms in total. The van der Waals surface area contributed by atoms with Gasteiger partial charge in [-0.2, -0.15) is 0 Å². The van der Waals surface area contributed by atoms with Crippen molar-refractivity contribution in [2.24, 2.45) is 0 Å². The molecule has 0 aromatic heterocycles. The van der Waals surface area contributed by atoms with Crippen LogP contribution >= 0.6 is 0 Å². The molecule has 0 aliphatic heterocycles. The minimum absolute atomic E-state index is 0. The summed E-state index contributed by atoms with van der Waals surface area (Å²) in [6, 6.07) is 0. The van der Waals surface area contributed by atoms with Crippen LogP contribution in [0.5, 0.6) is 0 Å². The van der Waals surface area contributed by atoms with Gasteiger partial charge in [-0.25, -0.2) is 0 Å². The van der Waals surface area contributed by atoms with Crippen molar-refractivity contribution in [1.29, 1.82) is 0 Å². The predicted molar refractivity (Wildman–Crippen MR) is 119 cm³/mol. The van der Waals surface area contributed by atoms with E-state index < -0.39 is 11.9 Å². The summed E-state index contributed by atoms with van der Waals surface area (Å²) < 4.78 is 0. The van der Waals surface area contributed by atoms with Gasteiger partial charge in [-0.15, -0.1) is 0 Å². The predicted octanol–water partition coefficient (Wildman–Crippen LogP) is 4.93. The smallest absolute Gasteiger partial charge is 0.550 e. The van der Waals surface area contributed by atoms with Crippen molar-refractivity contribution in [1.82, 2.24) is 0 Å². The van der Waals surface area contributed by atoms with Gasteiger partial charge in [-0.3, -0.25) is 0 Å². The zero-order valence-corrected chi connectivity index (χ0v) is 20.9. The third kappa shape index (κ3) is 38.9. The van der Waals surface area contributed by atoms with Gasteiger partial charge >= 0.3 is 23.1 Å². The molecule has 168 valence electrons. The fourth-order valence-corrected chi connectivity index (χ4v) is 3.16. The quantitative estimate of drug-likeness (QED) is 0.206. The van der Waals surface area contributed by atoms with Crippen molar-refractivity contribution in [2.75, 3.05) is 0 Å². The molecule has 0 rings (SSSR count). The standard InChI is InChI=1S/C16H32O2.C8H16O2.Mg/c1-2-3-4-5-6-7-8-9-10-11-12-13-14-15-16(17)18;1-2-3-4-5-6-7-8(9)10;/h2-15H2,1H3,(H,17,18);2-7H2,1H3,(H,9,10);/q;;+2/p-2. The molecule has 0 aliphatic rings. The van der Waals surface area contributed by atoms with E-state index in [1.807, 2.05) is 0 Å². The Morgan fingerprint density at radius 3 is 0.862 bits per heavy atom. The van der Waals surface area contributed by atoms with E-state index in [1.165, 1.54) is 83.5 Å². The molecule has 5 heteroatoms. The number of aliphatic carboxylic acids is 2. The molecule has 0 fully saturated rings. The van der Waals surface area contributed by atoms with Crippen LogP contribution in [0.1, 0.15) is 142 Å². The summed E-state index contributed by atoms with van der Waals surface area (Å²) in [6.07, 6.45) is 22.5. The van der Waals surface area contributed by atoms with E-state index >= 15 is 0 Å². The maximum Gasteiger partial charge on any atom is 2.00 e. The van der Waals surface area contributed by atoms with Gasteiger partial charge in [0.25, 0.3) is 0 Å². The van der Waals surface area contributed by atoms with Crippen LogP contribution in [-0.2, 0) is 9.59 Å². The third-order valence-electron chi connectivity index (χ3n) is 4.97. The zero-order valence-electron chi connectivity index (χ0n) is 19.5. The van der Waals surface area contributed by atoms with Crippen molar-refractivity contribution in [2.45, 2.75) is 142 Å². The summed E-state index contributed by atoms with van der Waals surface area (Å²) in [5.41, 5.74) is 0. The summed E-state index contributed by atoms with van der Waals surface area (Å²) in [7, 11) is 0. The number of carboxylic acids is 2. The van der Waals surface area contributed by atoms with Crippen LogP contribution in [0.3, 0.4) is 0 Å². The molecule has 0 N–H and O–H groups in total. The number of carbonyl (C=O) groups excluding carboxylic acids is 2.